The van der Waals surface area contributed by atoms with Crippen molar-refractivity contribution in [2.45, 2.75) is 7.43 Å². The monoisotopic (exact) mass is 1580 g/mol. The van der Waals surface area contributed by atoms with Crippen molar-refractivity contribution in [2.75, 3.05) is 29.8 Å². The minimum atomic E-state index is 0. The van der Waals surface area contributed by atoms with E-state index < -0.39 is 0 Å². The van der Waals surface area contributed by atoms with Gasteiger partial charge in [0.25, 0.3) is 0 Å². The van der Waals surface area contributed by atoms with E-state index in [-0.39, 0.29) is 7.43 Å². The molecule has 0 aliphatic heterocycles. The quantitative estimate of drug-likeness (QED) is 0.0771. The predicted octanol–water partition coefficient (Wildman–Crippen LogP) is 33.4. The van der Waals surface area contributed by atoms with E-state index in [0.29, 0.717) is 15.1 Å². The van der Waals surface area contributed by atoms with E-state index in [2.05, 4.69) is 424 Å². The van der Waals surface area contributed by atoms with Crippen LogP contribution in [0.2, 0.25) is 15.1 Å². The fourth-order valence-corrected chi connectivity index (χ4v) is 15.2. The fraction of sp³-hybridized carbons (Fsp3) is 0.00917. The van der Waals surface area contributed by atoms with Gasteiger partial charge < -0.3 is 29.8 Å². The lowest BCUT2D eigenvalue weighted by molar-refractivity contribution is 1.24. The largest absolute Gasteiger partial charge is 0.356 e. The summed E-state index contributed by atoms with van der Waals surface area (Å²) in [6, 6.07) is 168. The third kappa shape index (κ3) is 18.9. The normalized spacial score (nSPS) is 10.6. The molecule has 0 aliphatic rings. The van der Waals surface area contributed by atoms with Crippen LogP contribution in [-0.4, -0.2) is 0 Å². The van der Waals surface area contributed by atoms with Gasteiger partial charge >= 0.3 is 0 Å². The molecule has 0 aliphatic carbocycles. The van der Waals surface area contributed by atoms with Crippen molar-refractivity contribution in [3.8, 4) is 44.5 Å². The van der Waals surface area contributed by atoms with Crippen molar-refractivity contribution in [1.82, 2.24) is 0 Å². The Morgan fingerprint density at radius 1 is 0.153 bits per heavy atom. The first-order valence-corrected chi connectivity index (χ1v) is 40.1. The lowest BCUT2D eigenvalue weighted by Gasteiger charge is -2.32. The first-order valence-electron chi connectivity index (χ1n) is 38.9. The number of nitrogens with zero attached hydrogens (tertiary/aromatic N) is 5. The summed E-state index contributed by atoms with van der Waals surface area (Å²) in [7, 11) is 0. The summed E-state index contributed by atoms with van der Waals surface area (Å²) in [6.45, 7) is 0. The van der Waals surface area contributed by atoms with E-state index >= 15 is 0 Å². The van der Waals surface area contributed by atoms with Gasteiger partial charge in [0, 0.05) is 79.6 Å². The molecule has 0 aromatic heterocycles. The molecule has 118 heavy (non-hydrogen) atoms. The summed E-state index contributed by atoms with van der Waals surface area (Å²) in [5, 5.41) is 5.12. The fourth-order valence-electron chi connectivity index (χ4n) is 14.5. The molecule has 0 saturated carbocycles. The molecule has 9 heteroatoms. The van der Waals surface area contributed by atoms with Crippen LogP contribution in [0.1, 0.15) is 7.43 Å². The summed E-state index contributed by atoms with van der Waals surface area (Å²) >= 11 is 20.9. The summed E-state index contributed by atoms with van der Waals surface area (Å²) in [6.07, 6.45) is 0. The highest BCUT2D eigenvalue weighted by Crippen LogP contribution is 2.50. The van der Waals surface area contributed by atoms with Crippen LogP contribution in [0.3, 0.4) is 0 Å². The van der Waals surface area contributed by atoms with Crippen molar-refractivity contribution in [2.24, 2.45) is 0 Å². The predicted molar refractivity (Wildman–Crippen MR) is 506 cm³/mol. The molecule has 0 fully saturated rings. The van der Waals surface area contributed by atoms with Crippen molar-refractivity contribution >= 4 is 131 Å². The zero-order chi connectivity index (χ0) is 79.3. The second-order valence-electron chi connectivity index (χ2n) is 27.8. The molecule has 0 spiro atoms. The van der Waals surface area contributed by atoms with Crippen LogP contribution in [-0.2, 0) is 0 Å². The Hall–Kier alpha value is -14.4. The van der Waals surface area contributed by atoms with Crippen LogP contribution >= 0.6 is 34.8 Å². The van der Waals surface area contributed by atoms with Gasteiger partial charge in [0.15, 0.2) is 0 Å². The van der Waals surface area contributed by atoms with E-state index in [1.54, 1.807) is 6.07 Å². The molecule has 18 rings (SSSR count). The minimum absolute atomic E-state index is 0. The number of benzene rings is 18. The maximum absolute atomic E-state index is 7.75. The third-order valence-corrected chi connectivity index (χ3v) is 21.3. The first-order chi connectivity index (χ1) is 57.8. The topological polar surface area (TPSA) is 28.2 Å². The average Bonchev–Trinajstić information content (AvgIpc) is 0.769. The number of anilines is 17. The lowest BCUT2D eigenvalue weighted by Crippen LogP contribution is -2.15. The molecule has 18 aromatic rings. The number of hydrogen-bond acceptors (Lipinski definition) is 6. The van der Waals surface area contributed by atoms with E-state index in [4.69, 9.17) is 34.8 Å². The van der Waals surface area contributed by atoms with Crippen LogP contribution in [0.5, 0.6) is 0 Å². The number of nitrogens with one attached hydrogen (secondary N) is 1. The molecule has 0 bridgehead atoms. The average molecular weight is 1590 g/mol. The van der Waals surface area contributed by atoms with E-state index in [9.17, 15) is 0 Å². The minimum Gasteiger partial charge on any atom is -0.356 e. The molecular weight excluding hydrogens is 1500 g/mol. The molecule has 0 unspecified atom stereocenters. The molecule has 0 radical (unpaired) electrons. The molecule has 1 N–H and O–H groups in total. The molecule has 0 saturated heterocycles. The molecule has 572 valence electrons. The first kappa shape index (κ1) is 78.9. The van der Waals surface area contributed by atoms with Crippen molar-refractivity contribution < 1.29 is 0 Å². The van der Waals surface area contributed by atoms with Crippen LogP contribution in [0.4, 0.5) is 96.7 Å². The van der Waals surface area contributed by atoms with Gasteiger partial charge in [-0.15, -0.1) is 0 Å². The third-order valence-electron chi connectivity index (χ3n) is 20.1. The maximum atomic E-state index is 7.75. The zero-order valence-electron chi connectivity index (χ0n) is 64.1. The van der Waals surface area contributed by atoms with Crippen LogP contribution in [0, 0.1) is 0 Å². The Kier molecular flexibility index (Phi) is 25.8. The second kappa shape index (κ2) is 38.6. The smallest absolute Gasteiger partial charge is 0.0887 e. The summed E-state index contributed by atoms with van der Waals surface area (Å²) in [5.74, 6) is 0. The van der Waals surface area contributed by atoms with E-state index in [0.717, 1.165) is 108 Å². The molecule has 6 nitrogen and oxygen atoms in total. The van der Waals surface area contributed by atoms with Gasteiger partial charge in [-0.05, 0) is 226 Å². The Labute approximate surface area is 708 Å². The SMILES string of the molecule is C.Clc1c(N(c2ccc(-c3ccccc3)cc2)c2ccc(-c3ccccc3)cc2)cccc1N(c1ccccc1)c1cccc(N(c2ccccc2)c2ccccc2)c1.Clc1cccc(N(c2ccccc2)c2cccc(N(c3ccccc3)c3ccccc3)c2)c1Cl.c1ccc(-c2ccc(Nc3ccc(-c4ccccc4)cc3)cc2)cc1. The standard InChI is InChI=1S/C54H40ClN3.C30H22Cl2N2.C24H19N.CH4/c55-54-52(57(48-36-32-43(33-37-48)41-18-6-1-7-19-41)49-38-34-44(35-39-49)42-20-8-2-9-21-42)30-17-31-53(54)58(47-26-14-5-15-27-47)51-29-16-28-50(40-51)56(45-22-10-3-11-23-45)46-24-12-4-13-25-46;31-28-20-11-21-29(30(28)32)34(25-16-8-3-9-17-25)27-19-10-18-26(22-27)33(23-12-4-1-5-13-23)24-14-6-2-7-15-24;1-3-7-19(8-4-1)21-11-15-23(16-12-21)25-24-17-13-22(14-18-24)20-9-5-2-6-10-20;/h1-40H;1-22H;1-18,25H;1H4. The number of halogens is 3. The maximum Gasteiger partial charge on any atom is 0.0887 e. The molecule has 18 aromatic carbocycles. The van der Waals surface area contributed by atoms with Gasteiger partial charge in [0.2, 0.25) is 0 Å². The Bertz CT molecular complexity index is 5910. The van der Waals surface area contributed by atoms with Gasteiger partial charge in [-0.3, -0.25) is 0 Å². The van der Waals surface area contributed by atoms with E-state index in [1.807, 2.05) is 84.9 Å². The van der Waals surface area contributed by atoms with E-state index in [1.165, 1.54) is 33.4 Å². The number of rotatable bonds is 21. The van der Waals surface area contributed by atoms with Gasteiger partial charge in [0.1, 0.15) is 0 Å². The van der Waals surface area contributed by atoms with Crippen molar-refractivity contribution in [1.29, 1.82) is 0 Å². The number of hydrogen-bond donors (Lipinski definition) is 1. The zero-order valence-corrected chi connectivity index (χ0v) is 66.3. The molecule has 0 atom stereocenters. The number of para-hydroxylation sites is 6. The Balaban J connectivity index is 0.000000153. The Morgan fingerprint density at radius 3 is 0.619 bits per heavy atom. The van der Waals surface area contributed by atoms with Gasteiger partial charge in [-0.25, -0.2) is 0 Å². The highest BCUT2D eigenvalue weighted by atomic mass is 35.5. The van der Waals surface area contributed by atoms with Gasteiger partial charge in [-0.2, -0.15) is 0 Å². The summed E-state index contributed by atoms with van der Waals surface area (Å²) in [5.41, 5.74) is 26.6. The van der Waals surface area contributed by atoms with Gasteiger partial charge in [0.05, 0.1) is 32.1 Å². The van der Waals surface area contributed by atoms with Crippen LogP contribution in [0.15, 0.2) is 485 Å². The Morgan fingerprint density at radius 2 is 0.339 bits per heavy atom. The highest BCUT2D eigenvalue weighted by Gasteiger charge is 2.25. The molecule has 0 amide bonds. The van der Waals surface area contributed by atoms with Crippen molar-refractivity contribution in [3.05, 3.63) is 500 Å². The molecular formula is C109H85Cl3N6. The van der Waals surface area contributed by atoms with Gasteiger partial charge in [-0.1, -0.05) is 346 Å². The van der Waals surface area contributed by atoms with Crippen molar-refractivity contribution in [3.63, 3.8) is 0 Å². The summed E-state index contributed by atoms with van der Waals surface area (Å²) in [4.78, 5) is 11.2. The highest BCUT2D eigenvalue weighted by molar-refractivity contribution is 6.44. The van der Waals surface area contributed by atoms with Crippen LogP contribution in [0.25, 0.3) is 44.5 Å². The van der Waals surface area contributed by atoms with Crippen LogP contribution < -0.4 is 29.8 Å². The molecule has 0 heterocycles. The second-order valence-corrected chi connectivity index (χ2v) is 28.9. The summed E-state index contributed by atoms with van der Waals surface area (Å²) < 4.78 is 0. The lowest BCUT2D eigenvalue weighted by atomic mass is 10.0.